The van der Waals surface area contributed by atoms with E-state index in [4.69, 9.17) is 0 Å². The van der Waals surface area contributed by atoms with Crippen molar-refractivity contribution < 1.29 is 0 Å². The van der Waals surface area contributed by atoms with Crippen LogP contribution in [0.25, 0.3) is 0 Å². The van der Waals surface area contributed by atoms with Crippen molar-refractivity contribution in [1.82, 2.24) is 0 Å². The van der Waals surface area contributed by atoms with Gasteiger partial charge in [0.1, 0.15) is 0 Å². The highest BCUT2D eigenvalue weighted by Gasteiger charge is 2.33. The molecule has 0 amide bonds. The molecule has 2 rings (SSSR count). The normalized spacial score (nSPS) is 35.9. The molecule has 0 saturated heterocycles. The van der Waals surface area contributed by atoms with Gasteiger partial charge in [-0.15, -0.1) is 0 Å². The Bertz CT molecular complexity index is 387. The summed E-state index contributed by atoms with van der Waals surface area (Å²) in [5.74, 6) is 6.68. The van der Waals surface area contributed by atoms with E-state index in [9.17, 15) is 0 Å². The summed E-state index contributed by atoms with van der Waals surface area (Å²) in [6.07, 6.45) is 16.3. The van der Waals surface area contributed by atoms with E-state index >= 15 is 0 Å². The molecule has 0 heteroatoms. The highest BCUT2D eigenvalue weighted by atomic mass is 14.4. The summed E-state index contributed by atoms with van der Waals surface area (Å²) >= 11 is 0. The second-order valence-corrected chi connectivity index (χ2v) is 11.6. The van der Waals surface area contributed by atoms with Gasteiger partial charge in [0.2, 0.25) is 0 Å². The van der Waals surface area contributed by atoms with Crippen LogP contribution in [0.3, 0.4) is 0 Å². The van der Waals surface area contributed by atoms with Crippen molar-refractivity contribution in [2.45, 2.75) is 119 Å². The lowest BCUT2D eigenvalue weighted by molar-refractivity contribution is 0.101. The fourth-order valence-corrected chi connectivity index (χ4v) is 6.13. The summed E-state index contributed by atoms with van der Waals surface area (Å²) in [5.41, 5.74) is 0.513. The third-order valence-electron chi connectivity index (χ3n) is 9.02. The molecule has 0 aromatic rings. The van der Waals surface area contributed by atoms with Gasteiger partial charge in [0.15, 0.2) is 0 Å². The van der Waals surface area contributed by atoms with E-state index in [1.807, 2.05) is 0 Å². The molecule has 0 N–H and O–H groups in total. The maximum Gasteiger partial charge on any atom is -0.0323 e. The fraction of sp³-hybridized carbons (Fsp3) is 1.00. The minimum atomic E-state index is 0.513. The fourth-order valence-electron chi connectivity index (χ4n) is 6.13. The van der Waals surface area contributed by atoms with Gasteiger partial charge in [0.05, 0.1) is 0 Å². The van der Waals surface area contributed by atoms with Crippen LogP contribution in [-0.4, -0.2) is 0 Å². The summed E-state index contributed by atoms with van der Waals surface area (Å²) in [4.78, 5) is 0. The molecule has 0 aromatic carbocycles. The molecule has 5 unspecified atom stereocenters. The molecule has 2 saturated carbocycles. The van der Waals surface area contributed by atoms with Crippen molar-refractivity contribution in [3.05, 3.63) is 0 Å². The van der Waals surface area contributed by atoms with Crippen LogP contribution >= 0.6 is 0 Å². The molecule has 0 radical (unpaired) electrons. The van der Waals surface area contributed by atoms with Gasteiger partial charge in [-0.05, 0) is 59.7 Å². The van der Waals surface area contributed by atoms with E-state index < -0.39 is 0 Å². The van der Waals surface area contributed by atoms with Crippen molar-refractivity contribution in [1.29, 1.82) is 0 Å². The Balaban J connectivity index is 1.70. The van der Waals surface area contributed by atoms with Gasteiger partial charge in [0, 0.05) is 0 Å². The zero-order valence-electron chi connectivity index (χ0n) is 19.3. The van der Waals surface area contributed by atoms with Crippen LogP contribution in [0.4, 0.5) is 0 Å². The Hall–Kier alpha value is 0. The monoisotopic (exact) mass is 362 g/mol. The topological polar surface area (TPSA) is 0 Å². The van der Waals surface area contributed by atoms with Gasteiger partial charge < -0.3 is 0 Å². The highest BCUT2D eigenvalue weighted by Crippen LogP contribution is 2.44. The van der Waals surface area contributed by atoms with Gasteiger partial charge in [-0.3, -0.25) is 0 Å². The van der Waals surface area contributed by atoms with Crippen LogP contribution in [0.1, 0.15) is 119 Å². The molecule has 5 atom stereocenters. The molecule has 0 spiro atoms. The Morgan fingerprint density at radius 2 is 1.42 bits per heavy atom. The van der Waals surface area contributed by atoms with Gasteiger partial charge in [0.25, 0.3) is 0 Å². The Kier molecular flexibility index (Phi) is 8.55. The summed E-state index contributed by atoms with van der Waals surface area (Å²) in [7, 11) is 0. The molecule has 0 nitrogen and oxygen atoms in total. The van der Waals surface area contributed by atoms with Crippen LogP contribution < -0.4 is 0 Å². The van der Waals surface area contributed by atoms with Crippen molar-refractivity contribution >= 4 is 0 Å². The highest BCUT2D eigenvalue weighted by molar-refractivity contribution is 4.84. The Morgan fingerprint density at radius 3 is 2.04 bits per heavy atom. The maximum absolute atomic E-state index is 2.57. The first-order valence-corrected chi connectivity index (χ1v) is 12.2. The van der Waals surface area contributed by atoms with E-state index in [2.05, 4.69) is 48.5 Å². The smallest absolute Gasteiger partial charge is 0.0323 e. The van der Waals surface area contributed by atoms with Crippen LogP contribution in [0.2, 0.25) is 0 Å². The van der Waals surface area contributed by atoms with Crippen LogP contribution in [-0.2, 0) is 0 Å². The second-order valence-electron chi connectivity index (χ2n) is 11.6. The summed E-state index contributed by atoms with van der Waals surface area (Å²) < 4.78 is 0. The quantitative estimate of drug-likeness (QED) is 0.405. The van der Waals surface area contributed by atoms with Crippen molar-refractivity contribution in [2.24, 2.45) is 46.8 Å². The number of hydrogen-bond acceptors (Lipinski definition) is 0. The number of hydrogen-bond donors (Lipinski definition) is 0. The first kappa shape index (κ1) is 22.3. The first-order chi connectivity index (χ1) is 12.2. The van der Waals surface area contributed by atoms with Gasteiger partial charge in [-0.1, -0.05) is 106 Å². The van der Waals surface area contributed by atoms with Gasteiger partial charge in [-0.25, -0.2) is 0 Å². The average molecular weight is 363 g/mol. The summed E-state index contributed by atoms with van der Waals surface area (Å²) in [6, 6.07) is 0. The third-order valence-corrected chi connectivity index (χ3v) is 9.02. The average Bonchev–Trinajstić information content (AvgIpc) is 2.59. The minimum Gasteiger partial charge on any atom is -0.0625 e. The molecule has 154 valence electrons. The molecule has 2 aliphatic carbocycles. The predicted molar refractivity (Wildman–Crippen MR) is 117 cm³/mol. The van der Waals surface area contributed by atoms with Crippen LogP contribution in [0.5, 0.6) is 0 Å². The first-order valence-electron chi connectivity index (χ1n) is 12.2. The van der Waals surface area contributed by atoms with E-state index in [1.54, 1.807) is 0 Å². The van der Waals surface area contributed by atoms with Crippen molar-refractivity contribution in [3.63, 3.8) is 0 Å². The minimum absolute atomic E-state index is 0.513. The molecular weight excluding hydrogens is 312 g/mol. The predicted octanol–water partition coefficient (Wildman–Crippen LogP) is 8.74. The molecule has 26 heavy (non-hydrogen) atoms. The van der Waals surface area contributed by atoms with Crippen LogP contribution in [0.15, 0.2) is 0 Å². The lowest BCUT2D eigenvalue weighted by atomic mass is 9.65. The van der Waals surface area contributed by atoms with Crippen molar-refractivity contribution in [3.8, 4) is 0 Å². The molecule has 0 bridgehead atoms. The molecule has 0 aromatic heterocycles. The zero-order chi connectivity index (χ0) is 19.3. The summed E-state index contributed by atoms with van der Waals surface area (Å²) in [5, 5.41) is 0. The molecule has 2 fully saturated rings. The standard InChI is InChI=1S/C26H50/c1-19-11-14-25(15-12-19)18-26(6,7)23(5)21(3)9-8-10-24-16-13-20(2)22(4)17-24/h19-25H,8-18H2,1-7H3. The molecule has 2 aliphatic rings. The Morgan fingerprint density at radius 1 is 0.808 bits per heavy atom. The SMILES string of the molecule is CC1CCC(CC(C)(C)C(C)C(C)CCCC2CCC(C)C(C)C2)CC1. The zero-order valence-corrected chi connectivity index (χ0v) is 19.3. The summed E-state index contributed by atoms with van der Waals surface area (Å²) in [6.45, 7) is 17.6. The number of rotatable bonds is 8. The third kappa shape index (κ3) is 6.56. The van der Waals surface area contributed by atoms with E-state index in [1.165, 1.54) is 70.6 Å². The molecule has 0 heterocycles. The van der Waals surface area contributed by atoms with Crippen molar-refractivity contribution in [2.75, 3.05) is 0 Å². The molecule has 0 aliphatic heterocycles. The maximum atomic E-state index is 2.57. The van der Waals surface area contributed by atoms with Gasteiger partial charge >= 0.3 is 0 Å². The molecular formula is C26H50. The van der Waals surface area contributed by atoms with Gasteiger partial charge in [-0.2, -0.15) is 0 Å². The van der Waals surface area contributed by atoms with E-state index in [-0.39, 0.29) is 0 Å². The second kappa shape index (κ2) is 9.97. The van der Waals surface area contributed by atoms with E-state index in [0.717, 1.165) is 41.4 Å². The lowest BCUT2D eigenvalue weighted by Gasteiger charge is -2.40. The largest absolute Gasteiger partial charge is 0.0625 e. The lowest BCUT2D eigenvalue weighted by Crippen LogP contribution is -2.30. The van der Waals surface area contributed by atoms with Crippen LogP contribution in [0, 0.1) is 46.8 Å². The Labute approximate surface area is 166 Å². The van der Waals surface area contributed by atoms with E-state index in [0.29, 0.717) is 5.41 Å².